The molecule has 0 heterocycles. The van der Waals surface area contributed by atoms with Crippen molar-refractivity contribution >= 4 is 54.9 Å². The van der Waals surface area contributed by atoms with Gasteiger partial charge in [-0.05, 0) is 77.5 Å². The number of carbonyl (C=O) groups excluding carboxylic acids is 2. The lowest BCUT2D eigenvalue weighted by molar-refractivity contribution is -0.121. The highest BCUT2D eigenvalue weighted by Gasteiger charge is 2.12. The van der Waals surface area contributed by atoms with Gasteiger partial charge in [-0.15, -0.1) is 0 Å². The van der Waals surface area contributed by atoms with Gasteiger partial charge in [0, 0.05) is 13.1 Å². The van der Waals surface area contributed by atoms with Crippen LogP contribution in [0, 0.1) is 0 Å². The second-order valence-corrected chi connectivity index (χ2v) is 11.3. The molecule has 0 saturated carbocycles. The van der Waals surface area contributed by atoms with Gasteiger partial charge in [0.05, 0.1) is 12.8 Å². The minimum atomic E-state index is -0.0326. The lowest BCUT2D eigenvalue weighted by Crippen LogP contribution is -2.25. The van der Waals surface area contributed by atoms with Gasteiger partial charge in [-0.3, -0.25) is 9.59 Å². The van der Waals surface area contributed by atoms with Crippen molar-refractivity contribution in [3.63, 3.8) is 0 Å². The first-order valence-electron chi connectivity index (χ1n) is 15.0. The minimum absolute atomic E-state index is 0.0326. The van der Waals surface area contributed by atoms with Gasteiger partial charge >= 0.3 is 0 Å². The van der Waals surface area contributed by atoms with E-state index in [0.717, 1.165) is 43.8 Å². The van der Waals surface area contributed by atoms with Crippen LogP contribution in [0.4, 0.5) is 0 Å². The summed E-state index contributed by atoms with van der Waals surface area (Å²) >= 11 is 0. The quantitative estimate of drug-likeness (QED) is 0.181. The van der Waals surface area contributed by atoms with Gasteiger partial charge < -0.3 is 10.6 Å². The summed E-state index contributed by atoms with van der Waals surface area (Å²) in [5, 5.41) is 15.6. The molecular weight excluding hydrogens is 540 g/mol. The third-order valence-electron chi connectivity index (χ3n) is 8.44. The van der Waals surface area contributed by atoms with E-state index in [2.05, 4.69) is 71.3 Å². The number of carbonyl (C=O) groups is 2. The molecule has 0 fully saturated rings. The van der Waals surface area contributed by atoms with Gasteiger partial charge in [-0.25, -0.2) is 0 Å². The zero-order valence-corrected chi connectivity index (χ0v) is 24.3. The average Bonchev–Trinajstić information content (AvgIpc) is 3.06. The average molecular weight is 573 g/mol. The van der Waals surface area contributed by atoms with Crippen molar-refractivity contribution in [2.75, 3.05) is 0 Å². The Bertz CT molecular complexity index is 1900. The summed E-state index contributed by atoms with van der Waals surface area (Å²) in [5.74, 6) is -0.0651. The fourth-order valence-corrected chi connectivity index (χ4v) is 6.24. The molecule has 0 saturated heterocycles. The van der Waals surface area contributed by atoms with E-state index < -0.39 is 0 Å². The highest BCUT2D eigenvalue weighted by molar-refractivity contribution is 6.03. The maximum absolute atomic E-state index is 13.0. The molecule has 0 aliphatic carbocycles. The number of fused-ring (bicyclic) bond motifs is 4. The van der Waals surface area contributed by atoms with Crippen LogP contribution in [-0.2, 0) is 35.5 Å². The molecule has 0 aliphatic rings. The van der Waals surface area contributed by atoms with Gasteiger partial charge in [-0.2, -0.15) is 0 Å². The summed E-state index contributed by atoms with van der Waals surface area (Å²) < 4.78 is 0. The molecule has 7 rings (SSSR count). The van der Waals surface area contributed by atoms with Crippen LogP contribution in [0.15, 0.2) is 133 Å². The van der Waals surface area contributed by atoms with Crippen LogP contribution in [-0.4, -0.2) is 11.8 Å². The summed E-state index contributed by atoms with van der Waals surface area (Å²) in [7, 11) is 0. The summed E-state index contributed by atoms with van der Waals surface area (Å²) in [4.78, 5) is 25.9. The lowest BCUT2D eigenvalue weighted by Gasteiger charge is -2.13. The zero-order valence-electron chi connectivity index (χ0n) is 24.3. The van der Waals surface area contributed by atoms with Crippen LogP contribution in [0.3, 0.4) is 0 Å². The third-order valence-corrected chi connectivity index (χ3v) is 8.44. The van der Waals surface area contributed by atoms with Crippen molar-refractivity contribution < 1.29 is 9.59 Å². The molecule has 214 valence electrons. The first kappa shape index (κ1) is 27.4. The van der Waals surface area contributed by atoms with Gasteiger partial charge in [0.2, 0.25) is 11.8 Å². The standard InChI is InChI=1S/C40H32N2O2/c43-39(41-25-37-33-13-5-1-9-29(33)23-30-10-2-6-14-34(30)37)21-27-17-19-28(20-18-27)22-40(44)42-26-38-35-15-7-3-11-31(35)24-32-12-4-8-16-36(32)38/h1-20,23-24H,21-22,25-26H2,(H,41,43)(H,42,44). The van der Waals surface area contributed by atoms with E-state index in [0.29, 0.717) is 13.1 Å². The summed E-state index contributed by atoms with van der Waals surface area (Å²) in [6.07, 6.45) is 0.562. The molecule has 2 amide bonds. The Morgan fingerprint density at radius 3 is 1.02 bits per heavy atom. The molecule has 0 aliphatic heterocycles. The summed E-state index contributed by atoms with van der Waals surface area (Å²) in [6.45, 7) is 0.926. The molecule has 7 aromatic carbocycles. The van der Waals surface area contributed by atoms with E-state index in [1.807, 2.05) is 72.8 Å². The topological polar surface area (TPSA) is 58.2 Å². The number of rotatable bonds is 8. The van der Waals surface area contributed by atoms with Crippen LogP contribution in [0.25, 0.3) is 43.1 Å². The van der Waals surface area contributed by atoms with Crippen molar-refractivity contribution in [2.24, 2.45) is 0 Å². The third kappa shape index (κ3) is 5.62. The van der Waals surface area contributed by atoms with Crippen LogP contribution >= 0.6 is 0 Å². The fourth-order valence-electron chi connectivity index (χ4n) is 6.24. The predicted octanol–water partition coefficient (Wildman–Crippen LogP) is 8.02. The first-order valence-corrected chi connectivity index (χ1v) is 15.0. The molecule has 4 nitrogen and oxygen atoms in total. The van der Waals surface area contributed by atoms with Crippen LogP contribution < -0.4 is 10.6 Å². The highest BCUT2D eigenvalue weighted by atomic mass is 16.2. The second-order valence-electron chi connectivity index (χ2n) is 11.3. The Hall–Kier alpha value is -5.48. The molecule has 0 atom stereocenters. The fraction of sp³-hybridized carbons (Fsp3) is 0.100. The number of amides is 2. The van der Waals surface area contributed by atoms with E-state index in [9.17, 15) is 9.59 Å². The molecule has 4 heteroatoms. The van der Waals surface area contributed by atoms with Gasteiger partial charge in [0.15, 0.2) is 0 Å². The normalized spacial score (nSPS) is 11.3. The molecule has 0 radical (unpaired) electrons. The van der Waals surface area contributed by atoms with Crippen LogP contribution in [0.5, 0.6) is 0 Å². The maximum Gasteiger partial charge on any atom is 0.224 e. The molecule has 44 heavy (non-hydrogen) atoms. The highest BCUT2D eigenvalue weighted by Crippen LogP contribution is 2.29. The SMILES string of the molecule is O=C(Cc1ccc(CC(=O)NCc2c3ccccc3cc3ccccc23)cc1)NCc1c2ccccc2cc2ccccc12. The Morgan fingerprint density at radius 1 is 0.409 bits per heavy atom. The van der Waals surface area contributed by atoms with E-state index in [-0.39, 0.29) is 24.7 Å². The second kappa shape index (κ2) is 12.0. The van der Waals surface area contributed by atoms with E-state index in [1.165, 1.54) is 21.5 Å². The minimum Gasteiger partial charge on any atom is -0.352 e. The van der Waals surface area contributed by atoms with Crippen molar-refractivity contribution in [1.29, 1.82) is 0 Å². The Labute approximate surface area is 256 Å². The van der Waals surface area contributed by atoms with Crippen molar-refractivity contribution in [1.82, 2.24) is 10.6 Å². The number of hydrogen-bond donors (Lipinski definition) is 2. The number of nitrogens with one attached hydrogen (secondary N) is 2. The number of hydrogen-bond acceptors (Lipinski definition) is 2. The largest absolute Gasteiger partial charge is 0.352 e. The molecule has 0 unspecified atom stereocenters. The summed E-state index contributed by atoms with van der Waals surface area (Å²) in [6, 6.07) is 45.4. The predicted molar refractivity (Wildman–Crippen MR) is 180 cm³/mol. The monoisotopic (exact) mass is 572 g/mol. The zero-order chi connectivity index (χ0) is 29.9. The lowest BCUT2D eigenvalue weighted by atomic mass is 9.96. The van der Waals surface area contributed by atoms with Gasteiger partial charge in [0.1, 0.15) is 0 Å². The van der Waals surface area contributed by atoms with Gasteiger partial charge in [0.25, 0.3) is 0 Å². The number of benzene rings is 7. The van der Waals surface area contributed by atoms with E-state index in [4.69, 9.17) is 0 Å². The molecule has 0 aromatic heterocycles. The first-order chi connectivity index (χ1) is 21.6. The van der Waals surface area contributed by atoms with Crippen LogP contribution in [0.1, 0.15) is 22.3 Å². The van der Waals surface area contributed by atoms with Gasteiger partial charge in [-0.1, -0.05) is 121 Å². The summed E-state index contributed by atoms with van der Waals surface area (Å²) in [5.41, 5.74) is 4.09. The molecule has 0 bridgehead atoms. The molecular formula is C40H32N2O2. The Kier molecular flexibility index (Phi) is 7.47. The molecule has 2 N–H and O–H groups in total. The van der Waals surface area contributed by atoms with Crippen LogP contribution in [0.2, 0.25) is 0 Å². The van der Waals surface area contributed by atoms with Crippen molar-refractivity contribution in [2.45, 2.75) is 25.9 Å². The van der Waals surface area contributed by atoms with Crippen molar-refractivity contribution in [3.8, 4) is 0 Å². The molecule has 7 aromatic rings. The van der Waals surface area contributed by atoms with E-state index in [1.54, 1.807) is 0 Å². The Morgan fingerprint density at radius 2 is 0.705 bits per heavy atom. The maximum atomic E-state index is 13.0. The molecule has 0 spiro atoms. The smallest absolute Gasteiger partial charge is 0.224 e. The van der Waals surface area contributed by atoms with E-state index >= 15 is 0 Å². The Balaban J connectivity index is 0.982. The van der Waals surface area contributed by atoms with Crippen molar-refractivity contribution in [3.05, 3.63) is 156 Å².